The molecule has 2 heterocycles. The van der Waals surface area contributed by atoms with Crippen molar-refractivity contribution in [1.29, 1.82) is 0 Å². The van der Waals surface area contributed by atoms with Gasteiger partial charge in [-0.25, -0.2) is 0 Å². The molecular weight excluding hydrogens is 637 g/mol. The van der Waals surface area contributed by atoms with Gasteiger partial charge in [0.15, 0.2) is 13.5 Å². The summed E-state index contributed by atoms with van der Waals surface area (Å²) >= 11 is 0. The van der Waals surface area contributed by atoms with Crippen molar-refractivity contribution in [3.63, 3.8) is 0 Å². The maximum absolute atomic E-state index is 6.01. The van der Waals surface area contributed by atoms with Crippen molar-refractivity contribution in [2.75, 3.05) is 36.4 Å². The van der Waals surface area contributed by atoms with E-state index in [1.165, 1.54) is 44.6 Å². The van der Waals surface area contributed by atoms with Gasteiger partial charge in [0.25, 0.3) is 0 Å². The second-order valence-electron chi connectivity index (χ2n) is 12.8. The Kier molecular flexibility index (Phi) is 15.7. The number of hydrogen-bond donors (Lipinski definition) is 0. The molecule has 0 atom stereocenters. The summed E-state index contributed by atoms with van der Waals surface area (Å²) < 4.78 is 11.9. The lowest BCUT2D eigenvalue weighted by atomic mass is 9.98. The summed E-state index contributed by atoms with van der Waals surface area (Å²) in [4.78, 5) is 4.47. The molecule has 2 aliphatic rings. The Morgan fingerprint density at radius 2 is 0.981 bits per heavy atom. The molecule has 0 radical (unpaired) electrons. The fraction of sp³-hybridized carbons (Fsp3) is 0.292. The molecule has 1 fully saturated rings. The van der Waals surface area contributed by atoms with Gasteiger partial charge in [-0.3, -0.25) is 0 Å². The summed E-state index contributed by atoms with van der Waals surface area (Å²) in [5.74, 6) is 1.83. The quantitative estimate of drug-likeness (QED) is 0.156. The van der Waals surface area contributed by atoms with Gasteiger partial charge in [-0.2, -0.15) is 0 Å². The van der Waals surface area contributed by atoms with Crippen LogP contribution in [0.2, 0.25) is 0 Å². The Morgan fingerprint density at radius 3 is 1.35 bits per heavy atom. The zero-order chi connectivity index (χ0) is 37.3. The minimum absolute atomic E-state index is 0.516. The summed E-state index contributed by atoms with van der Waals surface area (Å²) in [6, 6.07) is 35.8. The van der Waals surface area contributed by atoms with Crippen molar-refractivity contribution in [3.8, 4) is 0 Å². The number of allylic oxidation sites excluding steroid dienone is 4. The average Bonchev–Trinajstić information content (AvgIpc) is 3.19. The van der Waals surface area contributed by atoms with Gasteiger partial charge in [0.2, 0.25) is 0 Å². The summed E-state index contributed by atoms with van der Waals surface area (Å²) in [6.45, 7) is 22.9. The molecule has 0 spiro atoms. The van der Waals surface area contributed by atoms with Crippen LogP contribution in [0.1, 0.15) is 81.3 Å². The topological polar surface area (TPSA) is 24.9 Å². The predicted octanol–water partition coefficient (Wildman–Crippen LogP) is 12.0. The largest absolute Gasteiger partial charge is 0.473 e. The van der Waals surface area contributed by atoms with Crippen LogP contribution in [-0.4, -0.2) is 26.6 Å². The van der Waals surface area contributed by atoms with Crippen LogP contribution < -0.4 is 9.80 Å². The third kappa shape index (κ3) is 11.1. The van der Waals surface area contributed by atoms with Crippen LogP contribution in [0, 0.1) is 0 Å². The molecular formula is C48H58N2O2. The Bertz CT molecular complexity index is 1790. The van der Waals surface area contributed by atoms with Crippen LogP contribution in [0.5, 0.6) is 0 Å². The van der Waals surface area contributed by atoms with Crippen molar-refractivity contribution in [3.05, 3.63) is 191 Å². The van der Waals surface area contributed by atoms with E-state index in [1.54, 1.807) is 6.08 Å². The van der Waals surface area contributed by atoms with E-state index in [0.29, 0.717) is 13.5 Å². The molecule has 2 aliphatic heterocycles. The number of nitrogens with zero attached hydrogens (tertiary/aromatic N) is 2. The zero-order valence-electron chi connectivity index (χ0n) is 32.3. The van der Waals surface area contributed by atoms with Gasteiger partial charge in [-0.05, 0) is 108 Å². The molecule has 0 bridgehead atoms. The maximum atomic E-state index is 6.01. The summed E-state index contributed by atoms with van der Waals surface area (Å²) in [6.07, 6.45) is 11.6. The van der Waals surface area contributed by atoms with Crippen molar-refractivity contribution in [1.82, 2.24) is 0 Å². The molecule has 6 rings (SSSR count). The molecule has 4 aromatic rings. The molecule has 272 valence electrons. The second kappa shape index (κ2) is 20.6. The highest BCUT2D eigenvalue weighted by molar-refractivity contribution is 5.52. The van der Waals surface area contributed by atoms with E-state index < -0.39 is 0 Å². The van der Waals surface area contributed by atoms with Gasteiger partial charge in [0, 0.05) is 30.0 Å². The molecule has 0 amide bonds. The van der Waals surface area contributed by atoms with Gasteiger partial charge in [0.1, 0.15) is 11.5 Å². The Hall–Kier alpha value is -5.22. The average molecular weight is 695 g/mol. The van der Waals surface area contributed by atoms with Crippen molar-refractivity contribution >= 4 is 11.4 Å². The molecule has 0 aromatic heterocycles. The van der Waals surface area contributed by atoms with E-state index in [-0.39, 0.29) is 0 Å². The van der Waals surface area contributed by atoms with Crippen LogP contribution in [-0.2, 0) is 28.7 Å². The lowest BCUT2D eigenvalue weighted by Gasteiger charge is -2.32. The minimum Gasteiger partial charge on any atom is -0.473 e. The monoisotopic (exact) mass is 694 g/mol. The lowest BCUT2D eigenvalue weighted by Crippen LogP contribution is -2.33. The molecule has 52 heavy (non-hydrogen) atoms. The molecule has 4 heteroatoms. The molecule has 4 nitrogen and oxygen atoms in total. The normalized spacial score (nSPS) is 15.0. The molecule has 0 aliphatic carbocycles. The molecule has 0 N–H and O–H groups in total. The van der Waals surface area contributed by atoms with Gasteiger partial charge in [-0.15, -0.1) is 0 Å². The van der Waals surface area contributed by atoms with Gasteiger partial charge in [0.05, 0.1) is 0 Å². The second-order valence-corrected chi connectivity index (χ2v) is 12.8. The van der Waals surface area contributed by atoms with E-state index in [4.69, 9.17) is 9.47 Å². The highest BCUT2D eigenvalue weighted by atomic mass is 16.5. The molecule has 0 saturated carbocycles. The fourth-order valence-corrected chi connectivity index (χ4v) is 6.21. The Morgan fingerprint density at radius 1 is 0.596 bits per heavy atom. The zero-order valence-corrected chi connectivity index (χ0v) is 32.3. The SMILES string of the molecule is C=C/C=C1/OCN(c2ccc(Cc3ccc(Cc4ccc(Cc5ccc(N6COC(/C=C\CC)=C(C)C6)cc5)cc4)cc3)cc2)CC1=C.CC.CC. The number of anilines is 2. The van der Waals surface area contributed by atoms with E-state index in [2.05, 4.69) is 146 Å². The standard InChI is InChI=1S/C44H46N2O2.2C2H6/c1-5-7-9-44-34(4)30-46(32-48-44)42-24-20-40(21-25-42)28-38-16-12-36(13-17-38)26-35-10-14-37(15-11-35)27-39-18-22-41(23-19-39)45-29-33(3)43(8-6-2)47-31-45;2*1-2/h6-25H,2-3,5,26-32H2,1,4H3;2*1-2H3/b9-7-,43-8+;;. The first-order chi connectivity index (χ1) is 25.5. The highest BCUT2D eigenvalue weighted by Gasteiger charge is 2.19. The third-order valence-corrected chi connectivity index (χ3v) is 8.98. The van der Waals surface area contributed by atoms with Crippen molar-refractivity contribution in [2.24, 2.45) is 0 Å². The van der Waals surface area contributed by atoms with Crippen LogP contribution >= 0.6 is 0 Å². The Labute approximate surface area is 314 Å². The van der Waals surface area contributed by atoms with Crippen LogP contribution in [0.25, 0.3) is 0 Å². The van der Waals surface area contributed by atoms with Crippen molar-refractivity contribution < 1.29 is 9.47 Å². The highest BCUT2D eigenvalue weighted by Crippen LogP contribution is 2.26. The summed E-state index contributed by atoms with van der Waals surface area (Å²) in [5.41, 5.74) is 12.5. The third-order valence-electron chi connectivity index (χ3n) is 8.98. The first-order valence-electron chi connectivity index (χ1n) is 18.9. The van der Waals surface area contributed by atoms with Crippen LogP contribution in [0.4, 0.5) is 11.4 Å². The van der Waals surface area contributed by atoms with E-state index >= 15 is 0 Å². The van der Waals surface area contributed by atoms with Gasteiger partial charge >= 0.3 is 0 Å². The van der Waals surface area contributed by atoms with Crippen LogP contribution in [0.3, 0.4) is 0 Å². The summed E-state index contributed by atoms with van der Waals surface area (Å²) in [5, 5.41) is 0. The molecule has 1 saturated heterocycles. The van der Waals surface area contributed by atoms with E-state index in [1.807, 2.05) is 33.8 Å². The van der Waals surface area contributed by atoms with E-state index in [9.17, 15) is 0 Å². The minimum atomic E-state index is 0.516. The Balaban J connectivity index is 0.00000146. The van der Waals surface area contributed by atoms with E-state index in [0.717, 1.165) is 61.6 Å². The first kappa shape index (κ1) is 39.6. The maximum Gasteiger partial charge on any atom is 0.161 e. The number of hydrogen-bond acceptors (Lipinski definition) is 4. The number of rotatable bonds is 11. The summed E-state index contributed by atoms with van der Waals surface area (Å²) in [7, 11) is 0. The number of ether oxygens (including phenoxy) is 2. The lowest BCUT2D eigenvalue weighted by molar-refractivity contribution is 0.202. The van der Waals surface area contributed by atoms with Gasteiger partial charge < -0.3 is 19.3 Å². The van der Waals surface area contributed by atoms with Gasteiger partial charge in [-0.1, -0.05) is 133 Å². The molecule has 4 aromatic carbocycles. The molecule has 0 unspecified atom stereocenters. The van der Waals surface area contributed by atoms with Crippen LogP contribution in [0.15, 0.2) is 157 Å². The fourth-order valence-electron chi connectivity index (χ4n) is 6.21. The predicted molar refractivity (Wildman–Crippen MR) is 223 cm³/mol. The smallest absolute Gasteiger partial charge is 0.161 e. The number of benzene rings is 4. The first-order valence-corrected chi connectivity index (χ1v) is 18.9. The van der Waals surface area contributed by atoms with Crippen molar-refractivity contribution in [2.45, 2.75) is 67.2 Å².